The highest BCUT2D eigenvalue weighted by molar-refractivity contribution is 9.10. The molecule has 1 aliphatic heterocycles. The van der Waals surface area contributed by atoms with Crippen molar-refractivity contribution >= 4 is 27.5 Å². The Bertz CT molecular complexity index is 431. The van der Waals surface area contributed by atoms with Gasteiger partial charge in [0.25, 0.3) is 0 Å². The van der Waals surface area contributed by atoms with Crippen molar-refractivity contribution in [3.8, 4) is 0 Å². The van der Waals surface area contributed by atoms with Gasteiger partial charge in [-0.05, 0) is 22.0 Å². The molecular weight excluding hydrogens is 298 g/mol. The van der Waals surface area contributed by atoms with Crippen LogP contribution in [0, 0.1) is 0 Å². The van der Waals surface area contributed by atoms with E-state index >= 15 is 0 Å². The number of hydrogen-bond donors (Lipinski definition) is 2. The molecule has 1 fully saturated rings. The maximum absolute atomic E-state index is 8.54. The second-order valence-corrected chi connectivity index (χ2v) is 5.04. The summed E-state index contributed by atoms with van der Waals surface area (Å²) in [4.78, 5) is 8.53. The van der Waals surface area contributed by atoms with Gasteiger partial charge in [0.1, 0.15) is 0 Å². The molecule has 18 heavy (non-hydrogen) atoms. The molecule has 6 nitrogen and oxygen atoms in total. The first-order chi connectivity index (χ1) is 8.70. The van der Waals surface area contributed by atoms with E-state index in [-0.39, 0.29) is 5.84 Å². The zero-order valence-corrected chi connectivity index (χ0v) is 11.5. The minimum atomic E-state index is 0.258. The van der Waals surface area contributed by atoms with Crippen LogP contribution in [0.4, 0.5) is 5.69 Å². The highest BCUT2D eigenvalue weighted by Gasteiger charge is 2.19. The third-order valence-electron chi connectivity index (χ3n) is 2.98. The van der Waals surface area contributed by atoms with Crippen molar-refractivity contribution in [1.29, 1.82) is 0 Å². The molecule has 2 heterocycles. The molecule has 1 aliphatic rings. The van der Waals surface area contributed by atoms with Crippen LogP contribution < -0.4 is 10.6 Å². The first-order valence-electron chi connectivity index (χ1n) is 5.74. The van der Waals surface area contributed by atoms with Gasteiger partial charge in [-0.15, -0.1) is 0 Å². The lowest BCUT2D eigenvalue weighted by atomic mass is 10.2. The second-order valence-electron chi connectivity index (χ2n) is 4.18. The van der Waals surface area contributed by atoms with Gasteiger partial charge in [0.2, 0.25) is 0 Å². The molecular formula is C11H16BrN5O. The number of nitrogens with two attached hydrogens (primary N) is 1. The lowest BCUT2D eigenvalue weighted by molar-refractivity contribution is 0.278. The Morgan fingerprint density at radius 1 is 1.44 bits per heavy atom. The summed E-state index contributed by atoms with van der Waals surface area (Å²) in [7, 11) is 0. The van der Waals surface area contributed by atoms with Gasteiger partial charge in [-0.25, -0.2) is 0 Å². The molecule has 7 heteroatoms. The van der Waals surface area contributed by atoms with Crippen LogP contribution >= 0.6 is 15.9 Å². The molecule has 2 rings (SSSR count). The summed E-state index contributed by atoms with van der Waals surface area (Å²) in [6.07, 6.45) is 3.60. The van der Waals surface area contributed by atoms with Gasteiger partial charge in [-0.2, -0.15) is 0 Å². The summed E-state index contributed by atoms with van der Waals surface area (Å²) in [5.74, 6) is 0.258. The molecule has 0 aliphatic carbocycles. The van der Waals surface area contributed by atoms with Crippen molar-refractivity contribution in [2.75, 3.05) is 37.6 Å². The van der Waals surface area contributed by atoms with Gasteiger partial charge in [0, 0.05) is 38.6 Å². The van der Waals surface area contributed by atoms with Gasteiger partial charge in [-0.3, -0.25) is 9.88 Å². The number of piperazine rings is 1. The second kappa shape index (κ2) is 6.01. The van der Waals surface area contributed by atoms with Crippen molar-refractivity contribution in [1.82, 2.24) is 9.88 Å². The van der Waals surface area contributed by atoms with Crippen LogP contribution in [0.25, 0.3) is 0 Å². The van der Waals surface area contributed by atoms with E-state index in [0.717, 1.165) is 36.3 Å². The number of oxime groups is 1. The van der Waals surface area contributed by atoms with Gasteiger partial charge in [0.15, 0.2) is 5.84 Å². The predicted molar refractivity (Wildman–Crippen MR) is 74.0 cm³/mol. The van der Waals surface area contributed by atoms with E-state index in [0.29, 0.717) is 6.54 Å². The van der Waals surface area contributed by atoms with Crippen molar-refractivity contribution in [3.63, 3.8) is 0 Å². The fourth-order valence-corrected chi connectivity index (χ4v) is 2.53. The molecule has 0 saturated carbocycles. The summed E-state index contributed by atoms with van der Waals surface area (Å²) in [6.45, 7) is 4.14. The molecule has 0 amide bonds. The van der Waals surface area contributed by atoms with E-state index in [9.17, 15) is 0 Å². The Kier molecular flexibility index (Phi) is 4.38. The first-order valence-corrected chi connectivity index (χ1v) is 6.53. The molecule has 0 aromatic carbocycles. The molecule has 1 aromatic rings. The number of pyridine rings is 1. The number of hydrogen-bond acceptors (Lipinski definition) is 5. The van der Waals surface area contributed by atoms with E-state index in [1.54, 1.807) is 12.4 Å². The summed E-state index contributed by atoms with van der Waals surface area (Å²) in [5, 5.41) is 11.5. The number of rotatable bonds is 3. The van der Waals surface area contributed by atoms with Crippen molar-refractivity contribution in [3.05, 3.63) is 22.9 Å². The Balaban J connectivity index is 1.93. The molecule has 0 bridgehead atoms. The van der Waals surface area contributed by atoms with Gasteiger partial charge < -0.3 is 15.8 Å². The van der Waals surface area contributed by atoms with E-state index in [1.807, 2.05) is 6.07 Å². The maximum Gasteiger partial charge on any atom is 0.153 e. The highest BCUT2D eigenvalue weighted by Crippen LogP contribution is 2.25. The van der Waals surface area contributed by atoms with Crippen molar-refractivity contribution in [2.24, 2.45) is 10.9 Å². The zero-order chi connectivity index (χ0) is 13.0. The molecule has 1 saturated heterocycles. The lowest BCUT2D eigenvalue weighted by Crippen LogP contribution is -2.49. The Morgan fingerprint density at radius 3 is 2.78 bits per heavy atom. The average Bonchev–Trinajstić information content (AvgIpc) is 2.40. The molecule has 0 radical (unpaired) electrons. The Labute approximate surface area is 114 Å². The summed E-state index contributed by atoms with van der Waals surface area (Å²) >= 11 is 3.51. The zero-order valence-electron chi connectivity index (χ0n) is 9.96. The van der Waals surface area contributed by atoms with Crippen LogP contribution in [-0.4, -0.2) is 53.7 Å². The summed E-state index contributed by atoms with van der Waals surface area (Å²) < 4.78 is 1.01. The quantitative estimate of drug-likeness (QED) is 0.372. The van der Waals surface area contributed by atoms with Crippen LogP contribution in [0.3, 0.4) is 0 Å². The molecule has 0 atom stereocenters. The van der Waals surface area contributed by atoms with Crippen LogP contribution in [0.15, 0.2) is 28.1 Å². The first kappa shape index (κ1) is 13.1. The number of anilines is 1. The molecule has 98 valence electrons. The number of nitrogens with zero attached hydrogens (tertiary/aromatic N) is 4. The fraction of sp³-hybridized carbons (Fsp3) is 0.455. The number of aromatic nitrogens is 1. The third-order valence-corrected chi connectivity index (χ3v) is 3.59. The molecule has 0 unspecified atom stereocenters. The van der Waals surface area contributed by atoms with Gasteiger partial charge in [-0.1, -0.05) is 5.16 Å². The van der Waals surface area contributed by atoms with E-state index in [2.05, 4.69) is 35.9 Å². The lowest BCUT2D eigenvalue weighted by Gasteiger charge is -2.36. The van der Waals surface area contributed by atoms with E-state index in [1.165, 1.54) is 0 Å². The van der Waals surface area contributed by atoms with Gasteiger partial charge in [0.05, 0.1) is 16.7 Å². The normalized spacial score (nSPS) is 18.1. The summed E-state index contributed by atoms with van der Waals surface area (Å²) in [6, 6.07) is 2.00. The average molecular weight is 314 g/mol. The highest BCUT2D eigenvalue weighted by atomic mass is 79.9. The smallest absolute Gasteiger partial charge is 0.153 e. The monoisotopic (exact) mass is 313 g/mol. The Hall–Kier alpha value is -1.34. The van der Waals surface area contributed by atoms with E-state index < -0.39 is 0 Å². The fourth-order valence-electron chi connectivity index (χ4n) is 2.03. The third kappa shape index (κ3) is 3.11. The minimum Gasteiger partial charge on any atom is -0.409 e. The van der Waals surface area contributed by atoms with Crippen molar-refractivity contribution in [2.45, 2.75) is 0 Å². The van der Waals surface area contributed by atoms with Crippen LogP contribution in [-0.2, 0) is 0 Å². The van der Waals surface area contributed by atoms with E-state index in [4.69, 9.17) is 10.9 Å². The van der Waals surface area contributed by atoms with Gasteiger partial charge >= 0.3 is 0 Å². The molecule has 0 spiro atoms. The molecule has 3 N–H and O–H groups in total. The topological polar surface area (TPSA) is 78.0 Å². The summed E-state index contributed by atoms with van der Waals surface area (Å²) in [5.41, 5.74) is 6.66. The van der Waals surface area contributed by atoms with Crippen LogP contribution in [0.2, 0.25) is 0 Å². The molecule has 1 aromatic heterocycles. The SMILES string of the molecule is N/C(CN1CCN(c2ccncc2Br)CC1)=N/O. The largest absolute Gasteiger partial charge is 0.409 e. The number of amidine groups is 1. The van der Waals surface area contributed by atoms with Crippen LogP contribution in [0.1, 0.15) is 0 Å². The maximum atomic E-state index is 8.54. The van der Waals surface area contributed by atoms with Crippen LogP contribution in [0.5, 0.6) is 0 Å². The number of halogens is 1. The minimum absolute atomic E-state index is 0.258. The van der Waals surface area contributed by atoms with Crippen molar-refractivity contribution < 1.29 is 5.21 Å². The standard InChI is InChI=1S/C11H16BrN5O/c12-9-7-14-2-1-10(9)17-5-3-16(4-6-17)8-11(13)15-18/h1-2,7,18H,3-6,8H2,(H2,13,15). The Morgan fingerprint density at radius 2 is 2.17 bits per heavy atom. The predicted octanol–water partition coefficient (Wildman–Crippen LogP) is 0.713.